The fourth-order valence-electron chi connectivity index (χ4n) is 2.34. The molecular formula is C15H17ClN2O. The zero-order chi connectivity index (χ0) is 13.2. The number of fused-ring (bicyclic) bond motifs is 1. The van der Waals surface area contributed by atoms with Crippen molar-refractivity contribution < 1.29 is 5.11 Å². The van der Waals surface area contributed by atoms with Crippen molar-refractivity contribution in [2.24, 2.45) is 5.92 Å². The quantitative estimate of drug-likeness (QED) is 0.883. The zero-order valence-corrected chi connectivity index (χ0v) is 11.4. The Morgan fingerprint density at radius 3 is 2.95 bits per heavy atom. The lowest BCUT2D eigenvalue weighted by Gasteiger charge is -2.18. The van der Waals surface area contributed by atoms with Gasteiger partial charge in [-0.05, 0) is 49.1 Å². The van der Waals surface area contributed by atoms with E-state index in [0.717, 1.165) is 28.9 Å². The van der Waals surface area contributed by atoms with Gasteiger partial charge in [0.25, 0.3) is 0 Å². The van der Waals surface area contributed by atoms with E-state index in [1.807, 2.05) is 24.3 Å². The molecule has 1 saturated carbocycles. The Labute approximate surface area is 117 Å². The number of rotatable bonds is 5. The third-order valence-electron chi connectivity index (χ3n) is 3.66. The zero-order valence-electron chi connectivity index (χ0n) is 10.6. The third kappa shape index (κ3) is 2.73. The van der Waals surface area contributed by atoms with E-state index >= 15 is 0 Å². The van der Waals surface area contributed by atoms with Crippen molar-refractivity contribution in [3.05, 3.63) is 41.0 Å². The summed E-state index contributed by atoms with van der Waals surface area (Å²) in [4.78, 5) is 4.42. The van der Waals surface area contributed by atoms with E-state index in [-0.39, 0.29) is 12.6 Å². The standard InChI is InChI=1S/C15H17ClN2O/c16-13-6-5-12(15-11(13)2-1-7-17-15)14(9-19)18-8-10-3-4-10/h1-2,5-7,10,14,18-19H,3-4,8-9H2. The van der Waals surface area contributed by atoms with Crippen LogP contribution in [0.2, 0.25) is 5.02 Å². The molecule has 3 rings (SSSR count). The molecule has 2 aromatic rings. The van der Waals surface area contributed by atoms with Gasteiger partial charge in [-0.2, -0.15) is 0 Å². The van der Waals surface area contributed by atoms with Crippen LogP contribution in [0.1, 0.15) is 24.4 Å². The fourth-order valence-corrected chi connectivity index (χ4v) is 2.56. The summed E-state index contributed by atoms with van der Waals surface area (Å²) in [5.41, 5.74) is 1.89. The minimum absolute atomic E-state index is 0.0695. The number of benzene rings is 1. The van der Waals surface area contributed by atoms with E-state index in [9.17, 15) is 5.11 Å². The highest BCUT2D eigenvalue weighted by Gasteiger charge is 2.23. The van der Waals surface area contributed by atoms with Crippen LogP contribution in [0.25, 0.3) is 10.9 Å². The van der Waals surface area contributed by atoms with Gasteiger partial charge >= 0.3 is 0 Å². The molecule has 3 nitrogen and oxygen atoms in total. The van der Waals surface area contributed by atoms with Crippen molar-refractivity contribution in [1.29, 1.82) is 0 Å². The molecule has 0 spiro atoms. The molecule has 1 aromatic carbocycles. The first-order chi connectivity index (χ1) is 9.29. The van der Waals surface area contributed by atoms with E-state index in [4.69, 9.17) is 11.6 Å². The summed E-state index contributed by atoms with van der Waals surface area (Å²) < 4.78 is 0. The van der Waals surface area contributed by atoms with Crippen molar-refractivity contribution in [1.82, 2.24) is 10.3 Å². The Kier molecular flexibility index (Phi) is 3.69. The summed E-state index contributed by atoms with van der Waals surface area (Å²) in [7, 11) is 0. The van der Waals surface area contributed by atoms with E-state index in [2.05, 4.69) is 10.3 Å². The number of aromatic nitrogens is 1. The van der Waals surface area contributed by atoms with Gasteiger partial charge in [-0.1, -0.05) is 17.7 Å². The van der Waals surface area contributed by atoms with Crippen LogP contribution in [-0.2, 0) is 0 Å². The van der Waals surface area contributed by atoms with Crippen LogP contribution in [0.3, 0.4) is 0 Å². The maximum atomic E-state index is 9.62. The number of nitrogens with zero attached hydrogens (tertiary/aromatic N) is 1. The highest BCUT2D eigenvalue weighted by molar-refractivity contribution is 6.35. The fraction of sp³-hybridized carbons (Fsp3) is 0.400. The monoisotopic (exact) mass is 276 g/mol. The van der Waals surface area contributed by atoms with Gasteiger partial charge < -0.3 is 10.4 Å². The summed E-state index contributed by atoms with van der Waals surface area (Å²) in [6.45, 7) is 1.03. The van der Waals surface area contributed by atoms with Crippen LogP contribution in [0.4, 0.5) is 0 Å². The molecule has 1 aliphatic rings. The minimum atomic E-state index is -0.0738. The molecule has 0 amide bonds. The summed E-state index contributed by atoms with van der Waals surface area (Å²) in [5, 5.41) is 14.7. The molecule has 0 bridgehead atoms. The predicted octanol–water partition coefficient (Wildman–Crippen LogP) is 2.92. The van der Waals surface area contributed by atoms with Crippen LogP contribution >= 0.6 is 11.6 Å². The Hall–Kier alpha value is -1.16. The molecule has 4 heteroatoms. The lowest BCUT2D eigenvalue weighted by Crippen LogP contribution is -2.26. The van der Waals surface area contributed by atoms with Gasteiger partial charge in [-0.15, -0.1) is 0 Å². The Bertz CT molecular complexity index is 583. The van der Waals surface area contributed by atoms with Crippen molar-refractivity contribution in [3.8, 4) is 0 Å². The van der Waals surface area contributed by atoms with Crippen molar-refractivity contribution in [3.63, 3.8) is 0 Å². The summed E-state index contributed by atoms with van der Waals surface area (Å²) in [6, 6.07) is 7.60. The number of nitrogens with one attached hydrogen (secondary N) is 1. The topological polar surface area (TPSA) is 45.1 Å². The van der Waals surface area contributed by atoms with Gasteiger partial charge in [0.05, 0.1) is 18.2 Å². The van der Waals surface area contributed by atoms with Crippen LogP contribution in [0.5, 0.6) is 0 Å². The Balaban J connectivity index is 1.95. The smallest absolute Gasteiger partial charge is 0.0765 e. The first-order valence-electron chi connectivity index (χ1n) is 6.67. The molecule has 1 atom stereocenters. The van der Waals surface area contributed by atoms with Gasteiger partial charge in [0.15, 0.2) is 0 Å². The highest BCUT2D eigenvalue weighted by atomic mass is 35.5. The lowest BCUT2D eigenvalue weighted by atomic mass is 10.0. The van der Waals surface area contributed by atoms with Gasteiger partial charge in [0.1, 0.15) is 0 Å². The molecule has 1 heterocycles. The SMILES string of the molecule is OCC(NCC1CC1)c1ccc(Cl)c2cccnc12. The summed E-state index contributed by atoms with van der Waals surface area (Å²) >= 11 is 6.19. The normalized spacial score (nSPS) is 16.7. The number of aliphatic hydroxyl groups excluding tert-OH is 1. The molecule has 0 radical (unpaired) electrons. The number of pyridine rings is 1. The largest absolute Gasteiger partial charge is 0.394 e. The second-order valence-corrected chi connectivity index (χ2v) is 5.53. The molecule has 1 unspecified atom stereocenters. The second kappa shape index (κ2) is 5.45. The highest BCUT2D eigenvalue weighted by Crippen LogP contribution is 2.31. The van der Waals surface area contributed by atoms with Gasteiger partial charge in [0, 0.05) is 16.6 Å². The van der Waals surface area contributed by atoms with Gasteiger partial charge in [0.2, 0.25) is 0 Å². The molecule has 0 saturated heterocycles. The number of aliphatic hydroxyl groups is 1. The molecule has 1 aliphatic carbocycles. The van der Waals surface area contributed by atoms with Crippen LogP contribution in [0, 0.1) is 5.92 Å². The number of hydrogen-bond donors (Lipinski definition) is 2. The Morgan fingerprint density at radius 1 is 1.37 bits per heavy atom. The van der Waals surface area contributed by atoms with Crippen LogP contribution in [-0.4, -0.2) is 23.2 Å². The first-order valence-corrected chi connectivity index (χ1v) is 7.04. The lowest BCUT2D eigenvalue weighted by molar-refractivity contribution is 0.244. The summed E-state index contributed by atoms with van der Waals surface area (Å²) in [6.07, 6.45) is 4.35. The van der Waals surface area contributed by atoms with Gasteiger partial charge in [-0.3, -0.25) is 4.98 Å². The predicted molar refractivity (Wildman–Crippen MR) is 77.3 cm³/mol. The van der Waals surface area contributed by atoms with Crippen molar-refractivity contribution >= 4 is 22.5 Å². The van der Waals surface area contributed by atoms with E-state index in [1.54, 1.807) is 6.20 Å². The molecular weight excluding hydrogens is 260 g/mol. The van der Waals surface area contributed by atoms with Crippen molar-refractivity contribution in [2.75, 3.05) is 13.2 Å². The van der Waals surface area contributed by atoms with E-state index in [0.29, 0.717) is 5.02 Å². The molecule has 2 N–H and O–H groups in total. The minimum Gasteiger partial charge on any atom is -0.394 e. The van der Waals surface area contributed by atoms with Crippen molar-refractivity contribution in [2.45, 2.75) is 18.9 Å². The molecule has 1 fully saturated rings. The number of halogens is 1. The Morgan fingerprint density at radius 2 is 2.21 bits per heavy atom. The molecule has 0 aliphatic heterocycles. The molecule has 1 aromatic heterocycles. The van der Waals surface area contributed by atoms with Gasteiger partial charge in [-0.25, -0.2) is 0 Å². The average Bonchev–Trinajstić information content (AvgIpc) is 3.26. The maximum Gasteiger partial charge on any atom is 0.0765 e. The van der Waals surface area contributed by atoms with Crippen LogP contribution < -0.4 is 5.32 Å². The molecule has 100 valence electrons. The second-order valence-electron chi connectivity index (χ2n) is 5.12. The van der Waals surface area contributed by atoms with E-state index in [1.165, 1.54) is 12.8 Å². The first kappa shape index (κ1) is 12.9. The number of hydrogen-bond acceptors (Lipinski definition) is 3. The summed E-state index contributed by atoms with van der Waals surface area (Å²) in [5.74, 6) is 0.778. The average molecular weight is 277 g/mol. The maximum absolute atomic E-state index is 9.62. The van der Waals surface area contributed by atoms with E-state index < -0.39 is 0 Å². The molecule has 19 heavy (non-hydrogen) atoms. The van der Waals surface area contributed by atoms with Crippen LogP contribution in [0.15, 0.2) is 30.5 Å². The third-order valence-corrected chi connectivity index (χ3v) is 3.99.